The van der Waals surface area contributed by atoms with Crippen molar-refractivity contribution in [2.45, 2.75) is 20.3 Å². The molecule has 0 aromatic carbocycles. The third-order valence-electron chi connectivity index (χ3n) is 3.51. The first-order valence-corrected chi connectivity index (χ1v) is 6.99. The fourth-order valence-electron chi connectivity index (χ4n) is 2.35. The van der Waals surface area contributed by atoms with E-state index in [4.69, 9.17) is 5.73 Å². The normalized spacial score (nSPS) is 16.7. The van der Waals surface area contributed by atoms with E-state index in [1.165, 1.54) is 0 Å². The van der Waals surface area contributed by atoms with Crippen molar-refractivity contribution in [3.8, 4) is 0 Å². The summed E-state index contributed by atoms with van der Waals surface area (Å²) < 4.78 is 0. The smallest absolute Gasteiger partial charge is 0.226 e. The molecular weight excluding hydrogens is 240 g/mol. The molecule has 0 aliphatic carbocycles. The number of anilines is 3. The zero-order valence-corrected chi connectivity index (χ0v) is 12.1. The van der Waals surface area contributed by atoms with Gasteiger partial charge in [0.05, 0.1) is 0 Å². The van der Waals surface area contributed by atoms with E-state index in [2.05, 4.69) is 39.1 Å². The Morgan fingerprint density at radius 1 is 1.16 bits per heavy atom. The van der Waals surface area contributed by atoms with E-state index >= 15 is 0 Å². The molecule has 3 N–H and O–H groups in total. The van der Waals surface area contributed by atoms with Crippen LogP contribution in [0.5, 0.6) is 0 Å². The summed E-state index contributed by atoms with van der Waals surface area (Å²) in [6.07, 6.45) is 0.861. The lowest BCUT2D eigenvalue weighted by atomic mass is 10.2. The molecular formula is C13H24N6. The van der Waals surface area contributed by atoms with Crippen molar-refractivity contribution in [2.24, 2.45) is 0 Å². The molecule has 1 saturated heterocycles. The van der Waals surface area contributed by atoms with Gasteiger partial charge in [0.15, 0.2) is 0 Å². The number of nitrogen functional groups attached to an aromatic ring is 1. The largest absolute Gasteiger partial charge is 0.383 e. The number of likely N-dealkylation sites (N-methyl/N-ethyl adjacent to an activating group) is 1. The summed E-state index contributed by atoms with van der Waals surface area (Å²) in [7, 11) is 2.15. The summed E-state index contributed by atoms with van der Waals surface area (Å²) in [5, 5.41) is 3.15. The molecule has 0 spiro atoms. The third kappa shape index (κ3) is 3.07. The fraction of sp³-hybridized carbons (Fsp3) is 0.692. The molecule has 106 valence electrons. The molecule has 0 saturated carbocycles. The first-order chi connectivity index (χ1) is 9.15. The van der Waals surface area contributed by atoms with Crippen LogP contribution in [0.3, 0.4) is 0 Å². The Bertz CT molecular complexity index is 425. The van der Waals surface area contributed by atoms with Crippen molar-refractivity contribution in [3.05, 3.63) is 5.56 Å². The minimum Gasteiger partial charge on any atom is -0.383 e. The summed E-state index contributed by atoms with van der Waals surface area (Å²) in [4.78, 5) is 13.6. The molecule has 1 aromatic heterocycles. The second-order valence-corrected chi connectivity index (χ2v) is 4.91. The van der Waals surface area contributed by atoms with Crippen LogP contribution in [0.1, 0.15) is 19.4 Å². The number of hydrogen-bond donors (Lipinski definition) is 2. The Kier molecular flexibility index (Phi) is 4.42. The number of nitrogens with zero attached hydrogens (tertiary/aromatic N) is 4. The SMILES string of the molecule is CCNc1nc(N)c(CC)c(N2CCN(C)CC2)n1. The predicted molar refractivity (Wildman–Crippen MR) is 79.7 cm³/mol. The second-order valence-electron chi connectivity index (χ2n) is 4.91. The second kappa shape index (κ2) is 6.06. The van der Waals surface area contributed by atoms with Crippen molar-refractivity contribution in [1.82, 2.24) is 14.9 Å². The predicted octanol–water partition coefficient (Wildman–Crippen LogP) is 0.805. The molecule has 6 heteroatoms. The highest BCUT2D eigenvalue weighted by Gasteiger charge is 2.20. The van der Waals surface area contributed by atoms with E-state index in [1.807, 2.05) is 6.92 Å². The molecule has 19 heavy (non-hydrogen) atoms. The average Bonchev–Trinajstić information content (AvgIpc) is 2.39. The van der Waals surface area contributed by atoms with Gasteiger partial charge in [-0.2, -0.15) is 9.97 Å². The Hall–Kier alpha value is -1.56. The summed E-state index contributed by atoms with van der Waals surface area (Å²) in [6, 6.07) is 0. The van der Waals surface area contributed by atoms with Crippen molar-refractivity contribution in [1.29, 1.82) is 0 Å². The van der Waals surface area contributed by atoms with Gasteiger partial charge in [-0.05, 0) is 20.4 Å². The number of hydrogen-bond acceptors (Lipinski definition) is 6. The highest BCUT2D eigenvalue weighted by Crippen LogP contribution is 2.25. The molecule has 2 rings (SSSR count). The molecule has 1 aromatic rings. The van der Waals surface area contributed by atoms with E-state index < -0.39 is 0 Å². The maximum absolute atomic E-state index is 6.07. The minimum absolute atomic E-state index is 0.599. The molecule has 1 aliphatic rings. The van der Waals surface area contributed by atoms with Crippen LogP contribution in [0.25, 0.3) is 0 Å². The van der Waals surface area contributed by atoms with Crippen molar-refractivity contribution < 1.29 is 0 Å². The van der Waals surface area contributed by atoms with Crippen LogP contribution in [0.4, 0.5) is 17.6 Å². The van der Waals surface area contributed by atoms with Gasteiger partial charge in [0.1, 0.15) is 11.6 Å². The average molecular weight is 264 g/mol. The van der Waals surface area contributed by atoms with E-state index in [1.54, 1.807) is 0 Å². The van der Waals surface area contributed by atoms with Gasteiger partial charge in [-0.3, -0.25) is 0 Å². The highest BCUT2D eigenvalue weighted by molar-refractivity contribution is 5.60. The van der Waals surface area contributed by atoms with Crippen LogP contribution in [-0.4, -0.2) is 54.6 Å². The fourth-order valence-corrected chi connectivity index (χ4v) is 2.35. The molecule has 0 radical (unpaired) electrons. The summed E-state index contributed by atoms with van der Waals surface area (Å²) in [5.41, 5.74) is 7.13. The molecule has 1 aliphatic heterocycles. The number of nitrogens with two attached hydrogens (primary N) is 1. The van der Waals surface area contributed by atoms with Crippen molar-refractivity contribution in [3.63, 3.8) is 0 Å². The van der Waals surface area contributed by atoms with Crippen LogP contribution < -0.4 is 16.0 Å². The lowest BCUT2D eigenvalue weighted by Crippen LogP contribution is -2.45. The van der Waals surface area contributed by atoms with Gasteiger partial charge in [-0.1, -0.05) is 6.92 Å². The molecule has 0 unspecified atom stereocenters. The Morgan fingerprint density at radius 3 is 2.42 bits per heavy atom. The van der Waals surface area contributed by atoms with Crippen LogP contribution in [0.2, 0.25) is 0 Å². The molecule has 2 heterocycles. The number of aromatic nitrogens is 2. The Morgan fingerprint density at radius 2 is 1.84 bits per heavy atom. The molecule has 0 amide bonds. The lowest BCUT2D eigenvalue weighted by molar-refractivity contribution is 0.312. The Balaban J connectivity index is 2.30. The standard InChI is InChI=1S/C13H24N6/c1-4-10-11(14)16-13(15-5-2)17-12(10)19-8-6-18(3)7-9-19/h4-9H2,1-3H3,(H3,14,15,16,17). The van der Waals surface area contributed by atoms with Gasteiger partial charge >= 0.3 is 0 Å². The van der Waals surface area contributed by atoms with Gasteiger partial charge in [-0.25, -0.2) is 0 Å². The Labute approximate surface area is 115 Å². The van der Waals surface area contributed by atoms with E-state index in [0.29, 0.717) is 11.8 Å². The number of rotatable bonds is 4. The van der Waals surface area contributed by atoms with Gasteiger partial charge in [0.2, 0.25) is 5.95 Å². The van der Waals surface area contributed by atoms with Gasteiger partial charge in [0.25, 0.3) is 0 Å². The minimum atomic E-state index is 0.599. The monoisotopic (exact) mass is 264 g/mol. The lowest BCUT2D eigenvalue weighted by Gasteiger charge is -2.34. The van der Waals surface area contributed by atoms with Gasteiger partial charge in [-0.15, -0.1) is 0 Å². The number of nitrogens with one attached hydrogen (secondary N) is 1. The quantitative estimate of drug-likeness (QED) is 0.838. The third-order valence-corrected chi connectivity index (χ3v) is 3.51. The summed E-state index contributed by atoms with van der Waals surface area (Å²) >= 11 is 0. The topological polar surface area (TPSA) is 70.3 Å². The molecule has 0 atom stereocenters. The summed E-state index contributed by atoms with van der Waals surface area (Å²) in [5.74, 6) is 2.23. The highest BCUT2D eigenvalue weighted by atomic mass is 15.3. The zero-order valence-electron chi connectivity index (χ0n) is 12.1. The molecule has 0 bridgehead atoms. The van der Waals surface area contributed by atoms with Crippen LogP contribution >= 0.6 is 0 Å². The van der Waals surface area contributed by atoms with E-state index in [-0.39, 0.29) is 0 Å². The first kappa shape index (κ1) is 13.9. The van der Waals surface area contributed by atoms with Crippen molar-refractivity contribution in [2.75, 3.05) is 55.7 Å². The number of piperazine rings is 1. The zero-order chi connectivity index (χ0) is 13.8. The van der Waals surface area contributed by atoms with Crippen molar-refractivity contribution >= 4 is 17.6 Å². The maximum Gasteiger partial charge on any atom is 0.226 e. The van der Waals surface area contributed by atoms with E-state index in [9.17, 15) is 0 Å². The van der Waals surface area contributed by atoms with E-state index in [0.717, 1.165) is 50.5 Å². The van der Waals surface area contributed by atoms with Crippen LogP contribution in [0, 0.1) is 0 Å². The molecule has 6 nitrogen and oxygen atoms in total. The van der Waals surface area contributed by atoms with Gasteiger partial charge in [0, 0.05) is 38.3 Å². The van der Waals surface area contributed by atoms with Crippen LogP contribution in [-0.2, 0) is 6.42 Å². The van der Waals surface area contributed by atoms with Crippen LogP contribution in [0.15, 0.2) is 0 Å². The first-order valence-electron chi connectivity index (χ1n) is 6.99. The van der Waals surface area contributed by atoms with Gasteiger partial charge < -0.3 is 20.9 Å². The molecule has 1 fully saturated rings. The maximum atomic E-state index is 6.07. The summed E-state index contributed by atoms with van der Waals surface area (Å²) in [6.45, 7) is 9.03.